The summed E-state index contributed by atoms with van der Waals surface area (Å²) in [5, 5.41) is 0.614. The number of Topliss-reactive ketones (excluding diaryl/α,β-unsaturated/α-hetero) is 1. The zero-order valence-electron chi connectivity index (χ0n) is 19.3. The largest absolute Gasteiger partial charge is 0.454 e. The molecule has 0 radical (unpaired) electrons. The number of carbonyl (C=O) groups is 2. The minimum atomic E-state index is -0.622. The van der Waals surface area contributed by atoms with Crippen molar-refractivity contribution in [2.75, 3.05) is 20.3 Å². The summed E-state index contributed by atoms with van der Waals surface area (Å²) in [5.41, 5.74) is 4.34. The Morgan fingerprint density at radius 3 is 2.47 bits per heavy atom. The Hall–Kier alpha value is -3.84. The van der Waals surface area contributed by atoms with Crippen LogP contribution in [0.5, 0.6) is 0 Å². The first-order valence-corrected chi connectivity index (χ1v) is 10.9. The van der Waals surface area contributed by atoms with E-state index in [1.165, 1.54) is 12.1 Å². The zero-order chi connectivity index (χ0) is 24.2. The van der Waals surface area contributed by atoms with Gasteiger partial charge in [-0.1, -0.05) is 18.2 Å². The van der Waals surface area contributed by atoms with Crippen molar-refractivity contribution >= 4 is 22.7 Å². The number of methoxy groups -OCH3 is 1. The molecule has 2 aromatic heterocycles. The Morgan fingerprint density at radius 2 is 1.74 bits per heavy atom. The van der Waals surface area contributed by atoms with Crippen molar-refractivity contribution in [3.8, 4) is 11.3 Å². The van der Waals surface area contributed by atoms with Crippen molar-refractivity contribution in [1.82, 2.24) is 9.55 Å². The van der Waals surface area contributed by atoms with E-state index < -0.39 is 5.97 Å². The number of nitrogens with zero attached hydrogens (tertiary/aromatic N) is 2. The highest BCUT2D eigenvalue weighted by Gasteiger charge is 2.20. The van der Waals surface area contributed by atoms with E-state index in [2.05, 4.69) is 4.98 Å². The molecule has 0 aliphatic rings. The molecule has 0 N–H and O–H groups in total. The topological polar surface area (TPSA) is 70.4 Å². The van der Waals surface area contributed by atoms with Gasteiger partial charge in [-0.05, 0) is 56.3 Å². The minimum Gasteiger partial charge on any atom is -0.454 e. The predicted molar refractivity (Wildman–Crippen MR) is 128 cm³/mol. The molecule has 0 amide bonds. The molecule has 0 fully saturated rings. The van der Waals surface area contributed by atoms with E-state index in [4.69, 9.17) is 9.47 Å². The molecule has 0 unspecified atom stereocenters. The Kier molecular flexibility index (Phi) is 6.84. The predicted octanol–water partition coefficient (Wildman–Crippen LogP) is 5.15. The summed E-state index contributed by atoms with van der Waals surface area (Å²) in [6.07, 6.45) is 0. The van der Waals surface area contributed by atoms with Crippen molar-refractivity contribution < 1.29 is 23.5 Å². The molecule has 2 heterocycles. The second-order valence-electron chi connectivity index (χ2n) is 8.01. The van der Waals surface area contributed by atoms with Crippen LogP contribution in [-0.2, 0) is 16.0 Å². The van der Waals surface area contributed by atoms with Gasteiger partial charge in [0.1, 0.15) is 5.82 Å². The van der Waals surface area contributed by atoms with Crippen LogP contribution in [0.25, 0.3) is 22.2 Å². The van der Waals surface area contributed by atoms with Crippen LogP contribution in [0.3, 0.4) is 0 Å². The van der Waals surface area contributed by atoms with Gasteiger partial charge in [-0.2, -0.15) is 0 Å². The summed E-state index contributed by atoms with van der Waals surface area (Å²) in [7, 11) is 1.63. The van der Waals surface area contributed by atoms with E-state index in [1.807, 2.05) is 24.5 Å². The summed E-state index contributed by atoms with van der Waals surface area (Å²) in [5.74, 6) is -1.25. The first-order chi connectivity index (χ1) is 16.4. The number of ketones is 1. The van der Waals surface area contributed by atoms with Crippen LogP contribution < -0.4 is 0 Å². The summed E-state index contributed by atoms with van der Waals surface area (Å²) in [6.45, 7) is 4.57. The zero-order valence-corrected chi connectivity index (χ0v) is 19.3. The number of hydrogen-bond donors (Lipinski definition) is 0. The maximum absolute atomic E-state index is 13.4. The summed E-state index contributed by atoms with van der Waals surface area (Å²) in [4.78, 5) is 30.5. The number of fused-ring (bicyclic) bond motifs is 1. The Morgan fingerprint density at radius 1 is 1.00 bits per heavy atom. The van der Waals surface area contributed by atoms with Crippen LogP contribution in [-0.4, -0.2) is 41.6 Å². The molecule has 0 aliphatic heterocycles. The number of esters is 1. The third-order valence-corrected chi connectivity index (χ3v) is 5.80. The fourth-order valence-corrected chi connectivity index (χ4v) is 4.01. The molecular formula is C27H25FN2O4. The minimum absolute atomic E-state index is 0.276. The molecular weight excluding hydrogens is 435 g/mol. The average Bonchev–Trinajstić information content (AvgIpc) is 3.13. The SMILES string of the molecule is COCCn1c(C)cc(C(=O)COC(=O)c2cc(-c3ccc(F)cc3)nc3ccccc23)c1C. The summed E-state index contributed by atoms with van der Waals surface area (Å²) in [6, 6.07) is 16.5. The van der Waals surface area contributed by atoms with E-state index in [-0.39, 0.29) is 18.2 Å². The van der Waals surface area contributed by atoms with Gasteiger partial charge in [0, 0.05) is 41.6 Å². The molecule has 174 valence electrons. The summed E-state index contributed by atoms with van der Waals surface area (Å²) >= 11 is 0. The Labute approximate surface area is 197 Å². The molecule has 0 bridgehead atoms. The molecule has 0 atom stereocenters. The van der Waals surface area contributed by atoms with Gasteiger partial charge in [0.2, 0.25) is 5.78 Å². The van der Waals surface area contributed by atoms with Crippen LogP contribution >= 0.6 is 0 Å². The molecule has 4 aromatic rings. The molecule has 0 spiro atoms. The number of rotatable bonds is 8. The van der Waals surface area contributed by atoms with Crippen LogP contribution in [0.4, 0.5) is 4.39 Å². The van der Waals surface area contributed by atoms with Crippen LogP contribution in [0.15, 0.2) is 60.7 Å². The van der Waals surface area contributed by atoms with Crippen LogP contribution in [0.1, 0.15) is 32.1 Å². The van der Waals surface area contributed by atoms with E-state index in [0.29, 0.717) is 46.4 Å². The fraction of sp³-hybridized carbons (Fsp3) is 0.222. The van der Waals surface area contributed by atoms with Gasteiger partial charge < -0.3 is 14.0 Å². The lowest BCUT2D eigenvalue weighted by Crippen LogP contribution is -2.16. The number of pyridine rings is 1. The first kappa shape index (κ1) is 23.3. The molecule has 0 aliphatic carbocycles. The highest BCUT2D eigenvalue weighted by atomic mass is 19.1. The highest BCUT2D eigenvalue weighted by Crippen LogP contribution is 2.26. The van der Waals surface area contributed by atoms with Gasteiger partial charge in [0.15, 0.2) is 6.61 Å². The molecule has 0 saturated carbocycles. The monoisotopic (exact) mass is 460 g/mol. The molecule has 7 heteroatoms. The highest BCUT2D eigenvalue weighted by molar-refractivity contribution is 6.06. The number of benzene rings is 2. The first-order valence-electron chi connectivity index (χ1n) is 10.9. The standard InChI is InChI=1S/C27H25FN2O4/c1-17-14-22(18(2)30(17)12-13-33-3)26(31)16-34-27(32)23-15-25(19-8-10-20(28)11-9-19)29-24-7-5-4-6-21(23)24/h4-11,14-15H,12-13,16H2,1-3H3. The molecule has 4 rings (SSSR count). The smallest absolute Gasteiger partial charge is 0.339 e. The number of ether oxygens (including phenoxy) is 2. The van der Waals surface area contributed by atoms with Crippen molar-refractivity contribution in [3.63, 3.8) is 0 Å². The van der Waals surface area contributed by atoms with Gasteiger partial charge >= 0.3 is 5.97 Å². The van der Waals surface area contributed by atoms with Gasteiger partial charge in [-0.15, -0.1) is 0 Å². The number of para-hydroxylation sites is 1. The second-order valence-corrected chi connectivity index (χ2v) is 8.01. The number of hydrogen-bond acceptors (Lipinski definition) is 5. The lowest BCUT2D eigenvalue weighted by Gasteiger charge is -2.11. The fourth-order valence-electron chi connectivity index (χ4n) is 4.01. The van der Waals surface area contributed by atoms with Crippen molar-refractivity contribution in [3.05, 3.63) is 89.0 Å². The molecule has 2 aromatic carbocycles. The summed E-state index contributed by atoms with van der Waals surface area (Å²) < 4.78 is 25.9. The van der Waals surface area contributed by atoms with Gasteiger partial charge in [-0.3, -0.25) is 4.79 Å². The number of aryl methyl sites for hydroxylation is 1. The number of carbonyl (C=O) groups excluding carboxylic acids is 2. The van der Waals surface area contributed by atoms with Crippen molar-refractivity contribution in [1.29, 1.82) is 0 Å². The van der Waals surface area contributed by atoms with Crippen molar-refractivity contribution in [2.24, 2.45) is 0 Å². The maximum Gasteiger partial charge on any atom is 0.339 e. The molecule has 0 saturated heterocycles. The van der Waals surface area contributed by atoms with Gasteiger partial charge in [-0.25, -0.2) is 14.2 Å². The molecule has 34 heavy (non-hydrogen) atoms. The van der Waals surface area contributed by atoms with Crippen LogP contribution in [0.2, 0.25) is 0 Å². The van der Waals surface area contributed by atoms with Crippen molar-refractivity contribution in [2.45, 2.75) is 20.4 Å². The molecule has 6 nitrogen and oxygen atoms in total. The average molecular weight is 461 g/mol. The lowest BCUT2D eigenvalue weighted by molar-refractivity contribution is 0.0476. The van der Waals surface area contributed by atoms with E-state index >= 15 is 0 Å². The van der Waals surface area contributed by atoms with Crippen LogP contribution in [0, 0.1) is 19.7 Å². The van der Waals surface area contributed by atoms with E-state index in [0.717, 1.165) is 11.4 Å². The third-order valence-electron chi connectivity index (χ3n) is 5.80. The maximum atomic E-state index is 13.4. The Balaban J connectivity index is 1.59. The number of halogens is 1. The van der Waals surface area contributed by atoms with Gasteiger partial charge in [0.25, 0.3) is 0 Å². The third kappa shape index (κ3) is 4.75. The Bertz CT molecular complexity index is 1360. The van der Waals surface area contributed by atoms with E-state index in [9.17, 15) is 14.0 Å². The second kappa shape index (κ2) is 9.97. The normalized spacial score (nSPS) is 11.1. The van der Waals surface area contributed by atoms with E-state index in [1.54, 1.807) is 49.6 Å². The lowest BCUT2D eigenvalue weighted by atomic mass is 10.0. The van der Waals surface area contributed by atoms with Gasteiger partial charge in [0.05, 0.1) is 23.4 Å². The number of aromatic nitrogens is 2. The quantitative estimate of drug-likeness (QED) is 0.269.